The number of esters is 1. The van der Waals surface area contributed by atoms with Crippen LogP contribution < -0.4 is 0 Å². The Morgan fingerprint density at radius 2 is 1.89 bits per heavy atom. The summed E-state index contributed by atoms with van der Waals surface area (Å²) in [6.45, 7) is 2.11. The highest BCUT2D eigenvalue weighted by atomic mass is 35.5. The number of carbonyl (C=O) groups is 1. The average Bonchev–Trinajstić information content (AvgIpc) is 2.92. The number of halogens is 4. The van der Waals surface area contributed by atoms with Crippen molar-refractivity contribution < 1.29 is 18.3 Å². The van der Waals surface area contributed by atoms with E-state index in [-0.39, 0.29) is 12.1 Å². The number of nitrogens with zero attached hydrogens (tertiary/aromatic N) is 2. The first-order valence-electron chi connectivity index (χ1n) is 8.11. The van der Waals surface area contributed by atoms with Gasteiger partial charge in [-0.1, -0.05) is 41.4 Å². The maximum atomic E-state index is 14.4. The van der Waals surface area contributed by atoms with Gasteiger partial charge in [-0.25, -0.2) is 0 Å². The Balaban J connectivity index is 2.03. The molecule has 0 aliphatic rings. The first kappa shape index (κ1) is 19.6. The third-order valence-corrected chi connectivity index (χ3v) is 4.89. The second-order valence-electron chi connectivity index (χ2n) is 6.16. The van der Waals surface area contributed by atoms with E-state index in [1.807, 2.05) is 0 Å². The molecule has 0 bridgehead atoms. The van der Waals surface area contributed by atoms with Gasteiger partial charge in [0.05, 0.1) is 17.8 Å². The second kappa shape index (κ2) is 7.44. The lowest BCUT2D eigenvalue weighted by atomic mass is 10.1. The van der Waals surface area contributed by atoms with E-state index in [2.05, 4.69) is 9.84 Å². The van der Waals surface area contributed by atoms with Crippen LogP contribution in [0, 0.1) is 6.92 Å². The van der Waals surface area contributed by atoms with Gasteiger partial charge in [-0.3, -0.25) is 9.48 Å². The molecule has 3 aromatic rings. The summed E-state index contributed by atoms with van der Waals surface area (Å²) in [5.74, 6) is -4.07. The van der Waals surface area contributed by atoms with Crippen molar-refractivity contribution >= 4 is 40.1 Å². The smallest absolute Gasteiger partial charge is 0.306 e. The lowest BCUT2D eigenvalue weighted by molar-refractivity contribution is -0.153. The fourth-order valence-electron chi connectivity index (χ4n) is 2.80. The highest BCUT2D eigenvalue weighted by Gasteiger charge is 2.33. The van der Waals surface area contributed by atoms with Gasteiger partial charge in [0, 0.05) is 33.5 Å². The van der Waals surface area contributed by atoms with Gasteiger partial charge >= 0.3 is 11.9 Å². The van der Waals surface area contributed by atoms with E-state index >= 15 is 0 Å². The van der Waals surface area contributed by atoms with Crippen molar-refractivity contribution in [3.8, 4) is 0 Å². The van der Waals surface area contributed by atoms with Gasteiger partial charge in [0.25, 0.3) is 0 Å². The molecule has 0 aliphatic heterocycles. The van der Waals surface area contributed by atoms with Crippen LogP contribution in [-0.4, -0.2) is 22.4 Å². The molecule has 0 saturated carbocycles. The summed E-state index contributed by atoms with van der Waals surface area (Å²) in [6.07, 6.45) is 0. The highest BCUT2D eigenvalue weighted by molar-refractivity contribution is 6.36. The number of rotatable bonds is 5. The molecule has 0 atom stereocenters. The third-order valence-electron chi connectivity index (χ3n) is 4.18. The van der Waals surface area contributed by atoms with Crippen LogP contribution in [0.5, 0.6) is 0 Å². The van der Waals surface area contributed by atoms with Crippen LogP contribution in [-0.2, 0) is 22.0 Å². The zero-order chi connectivity index (χ0) is 19.8. The molecule has 3 rings (SSSR count). The number of carbonyl (C=O) groups excluding carboxylic acids is 1. The van der Waals surface area contributed by atoms with Gasteiger partial charge in [0.15, 0.2) is 6.61 Å². The molecule has 0 amide bonds. The number of alkyl halides is 2. The number of benzene rings is 2. The number of ether oxygens (including phenoxy) is 1. The molecule has 0 spiro atoms. The van der Waals surface area contributed by atoms with Crippen molar-refractivity contribution in [3.05, 3.63) is 63.3 Å². The molecule has 0 saturated heterocycles. The fraction of sp³-hybridized carbons (Fsp3) is 0.263. The minimum atomic E-state index is -3.31. The molecule has 2 aromatic carbocycles. The first-order valence-corrected chi connectivity index (χ1v) is 8.86. The van der Waals surface area contributed by atoms with E-state index < -0.39 is 18.5 Å². The standard InChI is InChI=1S/C19H16Cl2F2N2O2/c1-11-14-7-6-13(19(22,23)10-27-12(2)26)8-18(14)25(24-11)9-15-16(20)4-3-5-17(15)21/h3-8H,9-10H2,1-2H3. The molecule has 27 heavy (non-hydrogen) atoms. The van der Waals surface area contributed by atoms with Crippen LogP contribution in [0.3, 0.4) is 0 Å². The average molecular weight is 413 g/mol. The molecular weight excluding hydrogens is 397 g/mol. The van der Waals surface area contributed by atoms with Crippen molar-refractivity contribution in [2.45, 2.75) is 26.3 Å². The first-order chi connectivity index (χ1) is 12.7. The molecule has 0 unspecified atom stereocenters. The van der Waals surface area contributed by atoms with Crippen molar-refractivity contribution in [2.75, 3.05) is 6.61 Å². The third kappa shape index (κ3) is 4.06. The van der Waals surface area contributed by atoms with E-state index in [1.165, 1.54) is 12.1 Å². The van der Waals surface area contributed by atoms with Crippen LogP contribution in [0.25, 0.3) is 10.9 Å². The molecule has 0 aliphatic carbocycles. The number of hydrogen-bond donors (Lipinski definition) is 0. The van der Waals surface area contributed by atoms with Gasteiger partial charge in [-0.05, 0) is 25.1 Å². The molecule has 0 fully saturated rings. The Morgan fingerprint density at radius 1 is 1.22 bits per heavy atom. The highest BCUT2D eigenvalue weighted by Crippen LogP contribution is 2.33. The lowest BCUT2D eigenvalue weighted by Gasteiger charge is -2.17. The monoisotopic (exact) mass is 412 g/mol. The summed E-state index contributed by atoms with van der Waals surface area (Å²) in [5, 5.41) is 6.12. The SMILES string of the molecule is CC(=O)OCC(F)(F)c1ccc2c(C)nn(Cc3c(Cl)cccc3Cl)c2c1. The maximum absolute atomic E-state index is 14.4. The van der Waals surface area contributed by atoms with E-state index in [9.17, 15) is 13.6 Å². The zero-order valence-corrected chi connectivity index (χ0v) is 16.1. The normalized spacial score (nSPS) is 11.8. The molecule has 0 radical (unpaired) electrons. The Labute approximate surface area is 164 Å². The maximum Gasteiger partial charge on any atom is 0.306 e. The van der Waals surface area contributed by atoms with Crippen LogP contribution in [0.4, 0.5) is 8.78 Å². The summed E-state index contributed by atoms with van der Waals surface area (Å²) < 4.78 is 34.9. The molecule has 8 heteroatoms. The minimum Gasteiger partial charge on any atom is -0.459 e. The van der Waals surface area contributed by atoms with Gasteiger partial charge in [-0.2, -0.15) is 13.9 Å². The van der Waals surface area contributed by atoms with Crippen molar-refractivity contribution in [1.29, 1.82) is 0 Å². The number of hydrogen-bond acceptors (Lipinski definition) is 3. The van der Waals surface area contributed by atoms with Crippen LogP contribution in [0.1, 0.15) is 23.7 Å². The van der Waals surface area contributed by atoms with Crippen molar-refractivity contribution in [1.82, 2.24) is 9.78 Å². The number of aromatic nitrogens is 2. The van der Waals surface area contributed by atoms with E-state index in [4.69, 9.17) is 23.2 Å². The topological polar surface area (TPSA) is 44.1 Å². The molecule has 0 N–H and O–H groups in total. The van der Waals surface area contributed by atoms with Crippen LogP contribution in [0.2, 0.25) is 10.0 Å². The van der Waals surface area contributed by atoms with Gasteiger partial charge in [0.2, 0.25) is 0 Å². The van der Waals surface area contributed by atoms with Gasteiger partial charge in [0.1, 0.15) is 0 Å². The van der Waals surface area contributed by atoms with Gasteiger partial charge < -0.3 is 4.74 Å². The lowest BCUT2D eigenvalue weighted by Crippen LogP contribution is -2.22. The molecule has 1 aromatic heterocycles. The molecular formula is C19H16Cl2F2N2O2. The van der Waals surface area contributed by atoms with Gasteiger partial charge in [-0.15, -0.1) is 0 Å². The summed E-state index contributed by atoms with van der Waals surface area (Å²) in [5.41, 5.74) is 1.61. The fourth-order valence-corrected chi connectivity index (χ4v) is 3.31. The van der Waals surface area contributed by atoms with Crippen molar-refractivity contribution in [3.63, 3.8) is 0 Å². The largest absolute Gasteiger partial charge is 0.459 e. The second-order valence-corrected chi connectivity index (χ2v) is 6.97. The predicted octanol–water partition coefficient (Wildman–Crippen LogP) is 5.35. The minimum absolute atomic E-state index is 0.238. The Morgan fingerprint density at radius 3 is 2.52 bits per heavy atom. The Bertz CT molecular complexity index is 998. The van der Waals surface area contributed by atoms with Crippen LogP contribution in [0.15, 0.2) is 36.4 Å². The Kier molecular flexibility index (Phi) is 5.40. The van der Waals surface area contributed by atoms with E-state index in [0.717, 1.165) is 12.3 Å². The molecule has 4 nitrogen and oxygen atoms in total. The molecule has 142 valence electrons. The predicted molar refractivity (Wildman–Crippen MR) is 101 cm³/mol. The summed E-state index contributed by atoms with van der Waals surface area (Å²) >= 11 is 12.4. The Hall–Kier alpha value is -2.18. The summed E-state index contributed by atoms with van der Waals surface area (Å²) in [4.78, 5) is 10.9. The summed E-state index contributed by atoms with van der Waals surface area (Å²) in [7, 11) is 0. The quantitative estimate of drug-likeness (QED) is 0.530. The van der Waals surface area contributed by atoms with E-state index in [1.54, 1.807) is 35.9 Å². The number of fused-ring (bicyclic) bond motifs is 1. The zero-order valence-electron chi connectivity index (χ0n) is 14.6. The van der Waals surface area contributed by atoms with Crippen molar-refractivity contribution in [2.24, 2.45) is 0 Å². The van der Waals surface area contributed by atoms with E-state index in [0.29, 0.717) is 26.8 Å². The molecule has 1 heterocycles. The summed E-state index contributed by atoms with van der Waals surface area (Å²) in [6, 6.07) is 9.39. The van der Waals surface area contributed by atoms with Crippen LogP contribution >= 0.6 is 23.2 Å². The number of aryl methyl sites for hydroxylation is 1.